The summed E-state index contributed by atoms with van der Waals surface area (Å²) in [4.78, 5) is 0. The molecule has 0 aliphatic carbocycles. The summed E-state index contributed by atoms with van der Waals surface area (Å²) in [6, 6.07) is 0. The van der Waals surface area contributed by atoms with Crippen LogP contribution in [0.3, 0.4) is 0 Å². The number of likely N-dealkylation sites (N-methyl/N-ethyl adjacent to an activating group) is 1. The second-order valence-electron chi connectivity index (χ2n) is 2.28. The van der Waals surface area contributed by atoms with E-state index in [1.165, 1.54) is 6.92 Å². The lowest BCUT2D eigenvalue weighted by molar-refractivity contribution is 0.160. The van der Waals surface area contributed by atoms with Gasteiger partial charge in [-0.1, -0.05) is 6.92 Å². The summed E-state index contributed by atoms with van der Waals surface area (Å²) in [5.41, 5.74) is 0. The molecule has 6 heteroatoms. The molecule has 0 saturated heterocycles. The largest absolute Gasteiger partial charge is 0.392 e. The predicted molar refractivity (Wildman–Crippen MR) is 40.5 cm³/mol. The Morgan fingerprint density at radius 1 is 1.55 bits per heavy atom. The molecule has 2 N–H and O–H groups in total. The van der Waals surface area contributed by atoms with Gasteiger partial charge in [0.1, 0.15) is 0 Å². The molecule has 0 aliphatic heterocycles. The highest BCUT2D eigenvalue weighted by atomic mass is 32.2. The normalized spacial score (nSPS) is 15.4. The van der Waals surface area contributed by atoms with Gasteiger partial charge in [0.05, 0.1) is 6.10 Å². The maximum absolute atomic E-state index is 10.5. The Bertz CT molecular complexity index is 199. The second kappa shape index (κ2) is 4.01. The fraction of sp³-hybridized carbons (Fsp3) is 1.00. The fourth-order valence-corrected chi connectivity index (χ4v) is 1.41. The summed E-state index contributed by atoms with van der Waals surface area (Å²) in [6.45, 7) is 3.11. The molecule has 1 atom stereocenters. The first-order valence-corrected chi connectivity index (χ1v) is 4.68. The van der Waals surface area contributed by atoms with E-state index in [1.807, 2.05) is 0 Å². The summed E-state index contributed by atoms with van der Waals surface area (Å²) < 4.78 is 30.2. The lowest BCUT2D eigenvalue weighted by Crippen LogP contribution is -2.35. The van der Waals surface area contributed by atoms with Crippen LogP contribution in [0.15, 0.2) is 0 Å². The first-order chi connectivity index (χ1) is 4.88. The van der Waals surface area contributed by atoms with Gasteiger partial charge in [-0.25, -0.2) is 0 Å². The van der Waals surface area contributed by atoms with E-state index in [0.717, 1.165) is 4.31 Å². The van der Waals surface area contributed by atoms with Crippen LogP contribution in [0.25, 0.3) is 0 Å². The Morgan fingerprint density at radius 2 is 2.00 bits per heavy atom. The molecule has 0 saturated carbocycles. The highest BCUT2D eigenvalue weighted by Crippen LogP contribution is 1.97. The molecular formula is C5H13NO4S. The number of nitrogens with zero attached hydrogens (tertiary/aromatic N) is 1. The van der Waals surface area contributed by atoms with Crippen molar-refractivity contribution in [2.45, 2.75) is 20.0 Å². The molecule has 0 aromatic rings. The number of hydrogen-bond donors (Lipinski definition) is 2. The van der Waals surface area contributed by atoms with E-state index in [4.69, 9.17) is 9.66 Å². The Labute approximate surface area is 66.5 Å². The third-order valence-electron chi connectivity index (χ3n) is 1.15. The standard InChI is InChI=1S/C5H13NO4S/c1-3-6(4-5(2)7)11(8,9)10/h5,7H,3-4H2,1-2H3,(H,8,9,10). The van der Waals surface area contributed by atoms with Crippen LogP contribution < -0.4 is 0 Å². The average Bonchev–Trinajstić information content (AvgIpc) is 1.79. The van der Waals surface area contributed by atoms with Crippen LogP contribution in [0.5, 0.6) is 0 Å². The summed E-state index contributed by atoms with van der Waals surface area (Å²) in [5, 5.41) is 8.80. The van der Waals surface area contributed by atoms with Crippen LogP contribution in [0.2, 0.25) is 0 Å². The molecule has 0 aromatic heterocycles. The highest BCUT2D eigenvalue weighted by molar-refractivity contribution is 7.83. The van der Waals surface area contributed by atoms with Crippen molar-refractivity contribution >= 4 is 10.3 Å². The van der Waals surface area contributed by atoms with Gasteiger partial charge in [-0.05, 0) is 6.92 Å². The predicted octanol–water partition coefficient (Wildman–Crippen LogP) is -0.508. The number of aliphatic hydroxyl groups excluding tert-OH is 1. The Balaban J connectivity index is 4.20. The average molecular weight is 183 g/mol. The Hall–Kier alpha value is -0.170. The molecule has 0 aliphatic rings. The molecular weight excluding hydrogens is 170 g/mol. The minimum atomic E-state index is -4.14. The Kier molecular flexibility index (Phi) is 3.95. The van der Waals surface area contributed by atoms with E-state index in [0.29, 0.717) is 0 Å². The van der Waals surface area contributed by atoms with Crippen molar-refractivity contribution in [2.75, 3.05) is 13.1 Å². The van der Waals surface area contributed by atoms with Crippen LogP contribution in [0, 0.1) is 0 Å². The van der Waals surface area contributed by atoms with Gasteiger partial charge in [0.15, 0.2) is 0 Å². The van der Waals surface area contributed by atoms with E-state index in [9.17, 15) is 8.42 Å². The maximum Gasteiger partial charge on any atom is 0.335 e. The minimum absolute atomic E-state index is 0.0741. The van der Waals surface area contributed by atoms with E-state index in [2.05, 4.69) is 0 Å². The molecule has 68 valence electrons. The third-order valence-corrected chi connectivity index (χ3v) is 2.21. The maximum atomic E-state index is 10.5. The zero-order valence-corrected chi connectivity index (χ0v) is 7.37. The zero-order chi connectivity index (χ0) is 9.07. The van der Waals surface area contributed by atoms with Crippen LogP contribution in [0.4, 0.5) is 0 Å². The third kappa shape index (κ3) is 4.31. The molecule has 11 heavy (non-hydrogen) atoms. The van der Waals surface area contributed by atoms with Crippen molar-refractivity contribution in [1.82, 2.24) is 4.31 Å². The van der Waals surface area contributed by atoms with Crippen LogP contribution in [-0.2, 0) is 10.3 Å². The molecule has 0 amide bonds. The van der Waals surface area contributed by atoms with E-state index in [-0.39, 0.29) is 13.1 Å². The smallest absolute Gasteiger partial charge is 0.335 e. The SMILES string of the molecule is CCN(CC(C)O)S(=O)(=O)O. The molecule has 0 heterocycles. The summed E-state index contributed by atoms with van der Waals surface area (Å²) in [7, 11) is -4.14. The second-order valence-corrected chi connectivity index (χ2v) is 3.69. The van der Waals surface area contributed by atoms with Gasteiger partial charge in [-0.3, -0.25) is 4.55 Å². The molecule has 0 bridgehead atoms. The summed E-state index contributed by atoms with van der Waals surface area (Å²) in [6.07, 6.45) is -0.767. The van der Waals surface area contributed by atoms with Crippen LogP contribution in [0.1, 0.15) is 13.8 Å². The number of rotatable bonds is 4. The van der Waals surface area contributed by atoms with Crippen molar-refractivity contribution in [3.63, 3.8) is 0 Å². The molecule has 1 unspecified atom stereocenters. The van der Waals surface area contributed by atoms with Crippen molar-refractivity contribution < 1.29 is 18.1 Å². The molecule has 0 fully saturated rings. The van der Waals surface area contributed by atoms with Gasteiger partial charge in [-0.15, -0.1) is 0 Å². The zero-order valence-electron chi connectivity index (χ0n) is 6.56. The lowest BCUT2D eigenvalue weighted by Gasteiger charge is -2.17. The monoisotopic (exact) mass is 183 g/mol. The van der Waals surface area contributed by atoms with E-state index in [1.54, 1.807) is 6.92 Å². The van der Waals surface area contributed by atoms with Crippen molar-refractivity contribution in [2.24, 2.45) is 0 Å². The number of aliphatic hydroxyl groups is 1. The summed E-state index contributed by atoms with van der Waals surface area (Å²) in [5.74, 6) is 0. The lowest BCUT2D eigenvalue weighted by atomic mass is 10.4. The molecule has 0 rings (SSSR count). The summed E-state index contributed by atoms with van der Waals surface area (Å²) >= 11 is 0. The molecule has 5 nitrogen and oxygen atoms in total. The van der Waals surface area contributed by atoms with Gasteiger partial charge in [0, 0.05) is 13.1 Å². The highest BCUT2D eigenvalue weighted by Gasteiger charge is 2.17. The molecule has 0 aromatic carbocycles. The van der Waals surface area contributed by atoms with Gasteiger partial charge in [-0.2, -0.15) is 12.7 Å². The van der Waals surface area contributed by atoms with Gasteiger partial charge < -0.3 is 5.11 Å². The fourth-order valence-electron chi connectivity index (χ4n) is 0.681. The minimum Gasteiger partial charge on any atom is -0.392 e. The first kappa shape index (κ1) is 10.8. The number of hydrogen-bond acceptors (Lipinski definition) is 3. The topological polar surface area (TPSA) is 77.8 Å². The van der Waals surface area contributed by atoms with Crippen molar-refractivity contribution in [3.05, 3.63) is 0 Å². The van der Waals surface area contributed by atoms with Crippen LogP contribution in [-0.4, -0.2) is 41.6 Å². The van der Waals surface area contributed by atoms with E-state index < -0.39 is 16.4 Å². The van der Waals surface area contributed by atoms with Crippen LogP contribution >= 0.6 is 0 Å². The molecule has 0 spiro atoms. The van der Waals surface area contributed by atoms with Gasteiger partial charge in [0.2, 0.25) is 0 Å². The first-order valence-electron chi connectivity index (χ1n) is 3.28. The van der Waals surface area contributed by atoms with E-state index >= 15 is 0 Å². The van der Waals surface area contributed by atoms with Gasteiger partial charge >= 0.3 is 10.3 Å². The van der Waals surface area contributed by atoms with Crippen molar-refractivity contribution in [1.29, 1.82) is 0 Å². The quantitative estimate of drug-likeness (QED) is 0.575. The molecule has 0 radical (unpaired) electrons. The van der Waals surface area contributed by atoms with Crippen molar-refractivity contribution in [3.8, 4) is 0 Å². The Morgan fingerprint density at radius 3 is 2.09 bits per heavy atom. The van der Waals surface area contributed by atoms with Gasteiger partial charge in [0.25, 0.3) is 0 Å².